The number of hydrogen-bond donors (Lipinski definition) is 0. The third-order valence-electron chi connectivity index (χ3n) is 9.87. The van der Waals surface area contributed by atoms with Crippen molar-refractivity contribution in [3.63, 3.8) is 0 Å². The van der Waals surface area contributed by atoms with Crippen LogP contribution in [0.5, 0.6) is 0 Å². The van der Waals surface area contributed by atoms with Gasteiger partial charge in [-0.2, -0.15) is 5.26 Å². The third-order valence-corrected chi connectivity index (χ3v) is 9.87. The molecule has 0 radical (unpaired) electrons. The third kappa shape index (κ3) is 8.22. The van der Waals surface area contributed by atoms with E-state index < -0.39 is 0 Å². The zero-order chi connectivity index (χ0) is 34.7. The molecule has 0 spiro atoms. The van der Waals surface area contributed by atoms with Gasteiger partial charge in [0.1, 0.15) is 0 Å². The maximum Gasteiger partial charge on any atom is 0.205 e. The molecule has 0 atom stereocenters. The fourth-order valence-corrected chi connectivity index (χ4v) is 6.95. The lowest BCUT2D eigenvalue weighted by molar-refractivity contribution is 0.667. The van der Waals surface area contributed by atoms with Crippen LogP contribution in [-0.4, -0.2) is 0 Å². The average molecular weight is 651 g/mol. The van der Waals surface area contributed by atoms with Gasteiger partial charge in [0.05, 0.1) is 18.2 Å². The summed E-state index contributed by atoms with van der Waals surface area (Å²) in [6.45, 7) is 12.3. The highest BCUT2D eigenvalue weighted by Crippen LogP contribution is 2.39. The lowest BCUT2D eigenvalue weighted by Gasteiger charge is -2.13. The Hall–Kier alpha value is -5.44. The van der Waals surface area contributed by atoms with Gasteiger partial charge in [0.15, 0.2) is 0 Å². The van der Waals surface area contributed by atoms with E-state index in [1.807, 2.05) is 12.1 Å². The molecule has 0 aliphatic carbocycles. The quantitative estimate of drug-likeness (QED) is 0.0499. The SMILES string of the molecule is [C-]#[N+]c1cc2c3cc(/C=C/c4ccc(CCCCCC)cc4)ccc3c3ccc(/C=C/c4ccc(CCCCCC)cc4)cc3c2cc1C#N. The van der Waals surface area contributed by atoms with E-state index in [0.717, 1.165) is 56.3 Å². The second-order valence-electron chi connectivity index (χ2n) is 13.5. The number of nitriles is 1. The van der Waals surface area contributed by atoms with E-state index in [1.54, 1.807) is 0 Å². The minimum absolute atomic E-state index is 0.390. The summed E-state index contributed by atoms with van der Waals surface area (Å²) >= 11 is 0. The molecular formula is C48H46N2. The highest BCUT2D eigenvalue weighted by atomic mass is 14.6. The predicted molar refractivity (Wildman–Crippen MR) is 216 cm³/mol. The minimum Gasteiger partial charge on any atom is -0.237 e. The summed E-state index contributed by atoms with van der Waals surface area (Å²) in [5, 5.41) is 16.4. The van der Waals surface area contributed by atoms with Crippen LogP contribution >= 0.6 is 0 Å². The molecule has 2 heteroatoms. The van der Waals surface area contributed by atoms with E-state index in [0.29, 0.717) is 11.3 Å². The molecule has 0 unspecified atom stereocenters. The maximum atomic E-state index is 9.94. The summed E-state index contributed by atoms with van der Waals surface area (Å²) in [4.78, 5) is 3.73. The topological polar surface area (TPSA) is 28.1 Å². The fourth-order valence-electron chi connectivity index (χ4n) is 6.95. The van der Waals surface area contributed by atoms with Crippen LogP contribution in [0.2, 0.25) is 0 Å². The fraction of sp³-hybridized carbons (Fsp3) is 0.250. The van der Waals surface area contributed by atoms with Crippen molar-refractivity contribution < 1.29 is 0 Å². The van der Waals surface area contributed by atoms with Gasteiger partial charge in [0.2, 0.25) is 5.69 Å². The lowest BCUT2D eigenvalue weighted by Crippen LogP contribution is -1.88. The Morgan fingerprint density at radius 1 is 0.500 bits per heavy atom. The zero-order valence-electron chi connectivity index (χ0n) is 29.5. The zero-order valence-corrected chi connectivity index (χ0v) is 29.5. The molecule has 0 fully saturated rings. The number of rotatable bonds is 14. The van der Waals surface area contributed by atoms with E-state index >= 15 is 0 Å². The van der Waals surface area contributed by atoms with Crippen molar-refractivity contribution in [2.45, 2.75) is 78.1 Å². The highest BCUT2D eigenvalue weighted by Gasteiger charge is 2.13. The molecule has 6 rings (SSSR count). The summed E-state index contributed by atoms with van der Waals surface area (Å²) in [6.07, 6.45) is 21.2. The monoisotopic (exact) mass is 650 g/mol. The molecule has 2 nitrogen and oxygen atoms in total. The molecule has 0 heterocycles. The van der Waals surface area contributed by atoms with Gasteiger partial charge in [-0.3, -0.25) is 0 Å². The van der Waals surface area contributed by atoms with Crippen LogP contribution in [0, 0.1) is 17.9 Å². The molecule has 0 aliphatic heterocycles. The van der Waals surface area contributed by atoms with Crippen LogP contribution in [0.1, 0.15) is 104 Å². The summed E-state index contributed by atoms with van der Waals surface area (Å²) in [7, 11) is 0. The van der Waals surface area contributed by atoms with E-state index in [9.17, 15) is 5.26 Å². The van der Waals surface area contributed by atoms with Crippen LogP contribution in [0.3, 0.4) is 0 Å². The molecule has 248 valence electrons. The Bertz CT molecular complexity index is 2080. The van der Waals surface area contributed by atoms with Crippen molar-refractivity contribution in [3.8, 4) is 6.07 Å². The first-order valence-corrected chi connectivity index (χ1v) is 18.4. The predicted octanol–water partition coefficient (Wildman–Crippen LogP) is 14.2. The second-order valence-corrected chi connectivity index (χ2v) is 13.5. The Morgan fingerprint density at radius 3 is 1.36 bits per heavy atom. The maximum absolute atomic E-state index is 9.94. The largest absolute Gasteiger partial charge is 0.237 e. The summed E-state index contributed by atoms with van der Waals surface area (Å²) in [5.74, 6) is 0. The lowest BCUT2D eigenvalue weighted by atomic mass is 9.90. The standard InChI is InChI=1S/C48H46N2/c1-4-6-8-10-12-35-14-18-37(19-15-35)22-24-39-26-28-42-43-29-27-40(25-23-38-20-16-36(17-21-38)13-11-9-7-5-2)31-45(43)47-33-48(50-3)41(34-49)32-46(47)44(42)30-39/h14-33H,4-13H2,1-2H3/b24-22+,25-23+. The van der Waals surface area contributed by atoms with E-state index in [1.165, 1.54) is 73.6 Å². The van der Waals surface area contributed by atoms with Gasteiger partial charge in [-0.25, -0.2) is 4.85 Å². The molecule has 6 aromatic carbocycles. The first-order chi connectivity index (χ1) is 24.6. The van der Waals surface area contributed by atoms with E-state index in [2.05, 4.69) is 134 Å². The number of nitrogens with zero attached hydrogens (tertiary/aromatic N) is 2. The van der Waals surface area contributed by atoms with Crippen LogP contribution in [0.4, 0.5) is 5.69 Å². The van der Waals surface area contributed by atoms with Gasteiger partial charge in [0.25, 0.3) is 0 Å². The van der Waals surface area contributed by atoms with Crippen LogP contribution in [0.25, 0.3) is 61.5 Å². The number of hydrogen-bond acceptors (Lipinski definition) is 1. The molecular weight excluding hydrogens is 605 g/mol. The molecule has 0 saturated heterocycles. The first kappa shape index (κ1) is 34.4. The molecule has 0 aliphatic rings. The second kappa shape index (κ2) is 16.8. The van der Waals surface area contributed by atoms with Gasteiger partial charge in [-0.15, -0.1) is 0 Å². The van der Waals surface area contributed by atoms with Crippen molar-refractivity contribution in [2.24, 2.45) is 0 Å². The first-order valence-electron chi connectivity index (χ1n) is 18.4. The molecule has 0 saturated carbocycles. The molecule has 6 aromatic rings. The van der Waals surface area contributed by atoms with Gasteiger partial charge < -0.3 is 0 Å². The Kier molecular flexibility index (Phi) is 11.6. The van der Waals surface area contributed by atoms with Crippen molar-refractivity contribution in [3.05, 3.63) is 147 Å². The van der Waals surface area contributed by atoms with Gasteiger partial charge >= 0.3 is 0 Å². The number of aryl methyl sites for hydroxylation is 2. The van der Waals surface area contributed by atoms with Crippen LogP contribution in [0.15, 0.2) is 97.1 Å². The van der Waals surface area contributed by atoms with Crippen molar-refractivity contribution in [2.75, 3.05) is 0 Å². The van der Waals surface area contributed by atoms with Crippen molar-refractivity contribution in [1.29, 1.82) is 5.26 Å². The highest BCUT2D eigenvalue weighted by molar-refractivity contribution is 6.26. The molecule has 0 amide bonds. The molecule has 0 aromatic heterocycles. The van der Waals surface area contributed by atoms with Crippen LogP contribution < -0.4 is 0 Å². The summed E-state index contributed by atoms with van der Waals surface area (Å²) < 4.78 is 0. The van der Waals surface area contributed by atoms with E-state index in [-0.39, 0.29) is 0 Å². The van der Waals surface area contributed by atoms with Gasteiger partial charge in [-0.05, 0) is 116 Å². The van der Waals surface area contributed by atoms with Crippen molar-refractivity contribution >= 4 is 62.3 Å². The van der Waals surface area contributed by atoms with Crippen LogP contribution in [-0.2, 0) is 12.8 Å². The van der Waals surface area contributed by atoms with Gasteiger partial charge in [0, 0.05) is 0 Å². The minimum atomic E-state index is 0.390. The summed E-state index contributed by atoms with van der Waals surface area (Å²) in [6, 6.07) is 37.1. The van der Waals surface area contributed by atoms with E-state index in [4.69, 9.17) is 6.57 Å². The Morgan fingerprint density at radius 2 is 0.920 bits per heavy atom. The number of unbranched alkanes of at least 4 members (excludes halogenated alkanes) is 6. The molecule has 0 N–H and O–H groups in total. The number of fused-ring (bicyclic) bond motifs is 6. The van der Waals surface area contributed by atoms with Gasteiger partial charge in [-0.1, -0.05) is 149 Å². The molecule has 0 bridgehead atoms. The smallest absolute Gasteiger partial charge is 0.205 e. The molecule has 50 heavy (non-hydrogen) atoms. The average Bonchev–Trinajstić information content (AvgIpc) is 3.16. The Labute approximate surface area is 298 Å². The Balaban J connectivity index is 1.32. The number of benzene rings is 6. The summed E-state index contributed by atoms with van der Waals surface area (Å²) in [5.41, 5.74) is 8.15. The van der Waals surface area contributed by atoms with Crippen molar-refractivity contribution in [1.82, 2.24) is 0 Å². The normalized spacial score (nSPS) is 11.6.